The summed E-state index contributed by atoms with van der Waals surface area (Å²) < 4.78 is 17.6. The minimum absolute atomic E-state index is 0.292. The molecule has 2 rings (SSSR count). The first kappa shape index (κ1) is 13.0. The zero-order valence-electron chi connectivity index (χ0n) is 10.6. The van der Waals surface area contributed by atoms with Crippen molar-refractivity contribution in [2.75, 3.05) is 12.4 Å². The van der Waals surface area contributed by atoms with Crippen molar-refractivity contribution >= 4 is 17.5 Å². The largest absolute Gasteiger partial charge is 0.465 e. The molecule has 0 radical (unpaired) electrons. The Morgan fingerprint density at radius 3 is 2.79 bits per heavy atom. The van der Waals surface area contributed by atoms with E-state index in [1.165, 1.54) is 25.4 Å². The number of halogens is 1. The molecule has 4 nitrogen and oxygen atoms in total. The Labute approximate surface area is 110 Å². The summed E-state index contributed by atoms with van der Waals surface area (Å²) in [5, 5.41) is 3.03. The number of nitrogens with one attached hydrogen (secondary N) is 1. The molecule has 0 saturated carbocycles. The van der Waals surface area contributed by atoms with E-state index < -0.39 is 5.97 Å². The molecule has 0 bridgehead atoms. The van der Waals surface area contributed by atoms with Crippen LogP contribution in [0.25, 0.3) is 0 Å². The minimum Gasteiger partial charge on any atom is -0.465 e. The van der Waals surface area contributed by atoms with Gasteiger partial charge >= 0.3 is 5.97 Å². The molecule has 5 heteroatoms. The molecule has 1 heterocycles. The molecule has 0 unspecified atom stereocenters. The van der Waals surface area contributed by atoms with Gasteiger partial charge in [-0.15, -0.1) is 0 Å². The van der Waals surface area contributed by atoms with Gasteiger partial charge in [0.05, 0.1) is 12.7 Å². The molecule has 0 fully saturated rings. The first-order valence-corrected chi connectivity index (χ1v) is 5.67. The predicted octanol–water partition coefficient (Wildman–Crippen LogP) is 3.06. The lowest BCUT2D eigenvalue weighted by atomic mass is 10.2. The van der Waals surface area contributed by atoms with Crippen LogP contribution in [0.5, 0.6) is 0 Å². The number of hydrogen-bond acceptors (Lipinski definition) is 4. The number of rotatable bonds is 3. The summed E-state index contributed by atoms with van der Waals surface area (Å²) in [5.41, 5.74) is 1.89. The molecule has 0 aliphatic heterocycles. The van der Waals surface area contributed by atoms with Crippen LogP contribution in [0.4, 0.5) is 15.9 Å². The second kappa shape index (κ2) is 5.48. The van der Waals surface area contributed by atoms with Crippen LogP contribution in [-0.2, 0) is 4.74 Å². The van der Waals surface area contributed by atoms with Gasteiger partial charge in [-0.25, -0.2) is 14.2 Å². The van der Waals surface area contributed by atoms with Gasteiger partial charge in [0, 0.05) is 11.9 Å². The molecule has 1 N–H and O–H groups in total. The van der Waals surface area contributed by atoms with Gasteiger partial charge in [0.2, 0.25) is 0 Å². The molecule has 0 saturated heterocycles. The van der Waals surface area contributed by atoms with Crippen molar-refractivity contribution < 1.29 is 13.9 Å². The Morgan fingerprint density at radius 1 is 1.32 bits per heavy atom. The van der Waals surface area contributed by atoms with Gasteiger partial charge in [0.15, 0.2) is 0 Å². The lowest BCUT2D eigenvalue weighted by molar-refractivity contribution is 0.0600. The third-order valence-corrected chi connectivity index (χ3v) is 2.63. The second-order valence-electron chi connectivity index (χ2n) is 4.01. The summed E-state index contributed by atoms with van der Waals surface area (Å²) in [6.07, 6.45) is 1.51. The summed E-state index contributed by atoms with van der Waals surface area (Å²) in [7, 11) is 1.32. The summed E-state index contributed by atoms with van der Waals surface area (Å²) in [4.78, 5) is 15.5. The van der Waals surface area contributed by atoms with E-state index in [1.807, 2.05) is 0 Å². The van der Waals surface area contributed by atoms with Crippen molar-refractivity contribution in [3.63, 3.8) is 0 Å². The van der Waals surface area contributed by atoms with Gasteiger partial charge in [0.1, 0.15) is 11.6 Å². The van der Waals surface area contributed by atoms with E-state index in [4.69, 9.17) is 0 Å². The van der Waals surface area contributed by atoms with Gasteiger partial charge < -0.3 is 10.1 Å². The number of aromatic nitrogens is 1. The zero-order chi connectivity index (χ0) is 13.8. The van der Waals surface area contributed by atoms with Gasteiger partial charge in [-0.3, -0.25) is 0 Å². The fourth-order valence-electron chi connectivity index (χ4n) is 1.65. The summed E-state index contributed by atoms with van der Waals surface area (Å²) in [5.74, 6) is -0.224. The highest BCUT2D eigenvalue weighted by molar-refractivity contribution is 5.90. The lowest BCUT2D eigenvalue weighted by Crippen LogP contribution is -2.03. The SMILES string of the molecule is COC(=O)c1ccnc(Nc2ccc(F)cc2C)c1. The van der Waals surface area contributed by atoms with Crippen molar-refractivity contribution in [3.05, 3.63) is 53.5 Å². The average Bonchev–Trinajstić information content (AvgIpc) is 2.41. The fraction of sp³-hybridized carbons (Fsp3) is 0.143. The van der Waals surface area contributed by atoms with Crippen LogP contribution < -0.4 is 5.32 Å². The molecule has 98 valence electrons. The standard InChI is InChI=1S/C14H13FN2O2/c1-9-7-11(15)3-4-12(9)17-13-8-10(5-6-16-13)14(18)19-2/h3-8H,1-2H3,(H,16,17). The molecular weight excluding hydrogens is 247 g/mol. The Hall–Kier alpha value is -2.43. The number of anilines is 2. The van der Waals surface area contributed by atoms with E-state index in [2.05, 4.69) is 15.0 Å². The number of carbonyl (C=O) groups is 1. The maximum Gasteiger partial charge on any atom is 0.338 e. The third kappa shape index (κ3) is 3.07. The zero-order valence-corrected chi connectivity index (χ0v) is 10.6. The third-order valence-electron chi connectivity index (χ3n) is 2.63. The number of hydrogen-bond donors (Lipinski definition) is 1. The Balaban J connectivity index is 2.26. The molecule has 19 heavy (non-hydrogen) atoms. The first-order chi connectivity index (χ1) is 9.10. The highest BCUT2D eigenvalue weighted by Gasteiger charge is 2.07. The molecule has 0 aliphatic rings. The smallest absolute Gasteiger partial charge is 0.338 e. The topological polar surface area (TPSA) is 51.2 Å². The van der Waals surface area contributed by atoms with Crippen LogP contribution in [0.15, 0.2) is 36.5 Å². The van der Waals surface area contributed by atoms with Crippen molar-refractivity contribution in [2.24, 2.45) is 0 Å². The van der Waals surface area contributed by atoms with Crippen LogP contribution in [0.3, 0.4) is 0 Å². The summed E-state index contributed by atoms with van der Waals surface area (Å²) >= 11 is 0. The van der Waals surface area contributed by atoms with E-state index in [0.29, 0.717) is 11.4 Å². The van der Waals surface area contributed by atoms with Crippen LogP contribution in [0.2, 0.25) is 0 Å². The first-order valence-electron chi connectivity index (χ1n) is 5.67. The normalized spacial score (nSPS) is 10.1. The molecule has 1 aromatic heterocycles. The van der Waals surface area contributed by atoms with Gasteiger partial charge in [0.25, 0.3) is 0 Å². The molecule has 0 atom stereocenters. The Bertz CT molecular complexity index is 614. The number of pyridine rings is 1. The van der Waals surface area contributed by atoms with E-state index in [9.17, 15) is 9.18 Å². The average molecular weight is 260 g/mol. The number of esters is 1. The van der Waals surface area contributed by atoms with Crippen molar-refractivity contribution in [3.8, 4) is 0 Å². The maximum atomic E-state index is 13.0. The molecular formula is C14H13FN2O2. The van der Waals surface area contributed by atoms with Crippen molar-refractivity contribution in [1.82, 2.24) is 4.98 Å². The molecule has 0 aliphatic carbocycles. The van der Waals surface area contributed by atoms with E-state index >= 15 is 0 Å². The highest BCUT2D eigenvalue weighted by atomic mass is 19.1. The number of ether oxygens (including phenoxy) is 1. The lowest BCUT2D eigenvalue weighted by Gasteiger charge is -2.09. The number of methoxy groups -OCH3 is 1. The van der Waals surface area contributed by atoms with E-state index in [-0.39, 0.29) is 5.82 Å². The second-order valence-corrected chi connectivity index (χ2v) is 4.01. The summed E-state index contributed by atoms with van der Waals surface area (Å²) in [6, 6.07) is 7.55. The van der Waals surface area contributed by atoms with Gasteiger partial charge in [-0.05, 0) is 42.8 Å². The number of benzene rings is 1. The predicted molar refractivity (Wildman–Crippen MR) is 70.0 cm³/mol. The maximum absolute atomic E-state index is 13.0. The molecule has 0 spiro atoms. The Morgan fingerprint density at radius 2 is 2.11 bits per heavy atom. The van der Waals surface area contributed by atoms with Crippen LogP contribution in [-0.4, -0.2) is 18.1 Å². The molecule has 2 aromatic rings. The number of nitrogens with zero attached hydrogens (tertiary/aromatic N) is 1. The minimum atomic E-state index is -0.429. The van der Waals surface area contributed by atoms with E-state index in [0.717, 1.165) is 11.3 Å². The fourth-order valence-corrected chi connectivity index (χ4v) is 1.65. The van der Waals surface area contributed by atoms with Crippen LogP contribution >= 0.6 is 0 Å². The molecule has 0 amide bonds. The van der Waals surface area contributed by atoms with Gasteiger partial charge in [-0.2, -0.15) is 0 Å². The van der Waals surface area contributed by atoms with Crippen molar-refractivity contribution in [2.45, 2.75) is 6.92 Å². The van der Waals surface area contributed by atoms with Crippen LogP contribution in [0, 0.1) is 12.7 Å². The van der Waals surface area contributed by atoms with Crippen LogP contribution in [0.1, 0.15) is 15.9 Å². The van der Waals surface area contributed by atoms with Gasteiger partial charge in [-0.1, -0.05) is 0 Å². The van der Waals surface area contributed by atoms with Crippen molar-refractivity contribution in [1.29, 1.82) is 0 Å². The quantitative estimate of drug-likeness (QED) is 0.862. The molecule has 1 aromatic carbocycles. The Kier molecular flexibility index (Phi) is 3.75. The highest BCUT2D eigenvalue weighted by Crippen LogP contribution is 2.20. The number of carbonyl (C=O) groups excluding carboxylic acids is 1. The monoisotopic (exact) mass is 260 g/mol. The summed E-state index contributed by atoms with van der Waals surface area (Å²) in [6.45, 7) is 1.79. The number of aryl methyl sites for hydroxylation is 1. The van der Waals surface area contributed by atoms with E-state index in [1.54, 1.807) is 25.1 Å².